The first kappa shape index (κ1) is 35.1. The Hall–Kier alpha value is -6.66. The number of unbranched alkanes of at least 4 members (excludes halogenated alkanes) is 2. The summed E-state index contributed by atoms with van der Waals surface area (Å²) in [7, 11) is 0. The molecule has 0 fully saturated rings. The maximum absolute atomic E-state index is 5.40. The summed E-state index contributed by atoms with van der Waals surface area (Å²) in [5.41, 5.74) is 17.8. The van der Waals surface area contributed by atoms with E-state index in [-0.39, 0.29) is 0 Å². The Morgan fingerprint density at radius 3 is 1.14 bits per heavy atom. The topological polar surface area (TPSA) is 83.1 Å². The fraction of sp³-hybridized carbons (Fsp3) is 0.160. The zero-order valence-corrected chi connectivity index (χ0v) is 31.9. The molecule has 9 rings (SSSR count). The summed E-state index contributed by atoms with van der Waals surface area (Å²) in [6, 6.07) is 38.6. The van der Waals surface area contributed by atoms with Gasteiger partial charge in [-0.05, 0) is 121 Å². The Morgan fingerprint density at radius 1 is 0.411 bits per heavy atom. The van der Waals surface area contributed by atoms with Crippen LogP contribution in [0, 0.1) is 0 Å². The Morgan fingerprint density at radius 2 is 0.786 bits per heavy atom. The van der Waals surface area contributed by atoms with Gasteiger partial charge in [0.25, 0.3) is 0 Å². The Bertz CT molecular complexity index is 2540. The van der Waals surface area contributed by atoms with Gasteiger partial charge in [-0.15, -0.1) is 0 Å². The van der Waals surface area contributed by atoms with E-state index in [1.54, 1.807) is 0 Å². The third-order valence-corrected chi connectivity index (χ3v) is 10.7. The summed E-state index contributed by atoms with van der Waals surface area (Å²) in [5.74, 6) is 0. The monoisotopic (exact) mass is 728 g/mol. The number of H-pyrrole nitrogens is 2. The van der Waals surface area contributed by atoms with Crippen LogP contribution in [0.25, 0.3) is 91.1 Å². The normalized spacial score (nSPS) is 12.0. The zero-order chi connectivity index (χ0) is 37.8. The van der Waals surface area contributed by atoms with Crippen molar-refractivity contribution < 1.29 is 0 Å². The van der Waals surface area contributed by atoms with Crippen molar-refractivity contribution in [3.63, 3.8) is 0 Å². The smallest absolute Gasteiger partial charge is 0.0753 e. The van der Waals surface area contributed by atoms with E-state index in [2.05, 4.69) is 133 Å². The van der Waals surface area contributed by atoms with Crippen molar-refractivity contribution in [3.8, 4) is 44.8 Å². The summed E-state index contributed by atoms with van der Waals surface area (Å²) in [4.78, 5) is 28.1. The van der Waals surface area contributed by atoms with E-state index < -0.39 is 0 Å². The summed E-state index contributed by atoms with van der Waals surface area (Å²) in [6.45, 7) is 4.47. The molecule has 56 heavy (non-hydrogen) atoms. The van der Waals surface area contributed by atoms with Crippen LogP contribution in [0.2, 0.25) is 0 Å². The van der Waals surface area contributed by atoms with E-state index in [0.29, 0.717) is 0 Å². The van der Waals surface area contributed by atoms with Crippen molar-refractivity contribution in [2.24, 2.45) is 0 Å². The van der Waals surface area contributed by atoms with Gasteiger partial charge in [-0.3, -0.25) is 9.97 Å². The maximum Gasteiger partial charge on any atom is 0.0753 e. The molecule has 6 heteroatoms. The molecule has 2 aliphatic heterocycles. The van der Waals surface area contributed by atoms with Gasteiger partial charge >= 0.3 is 0 Å². The quantitative estimate of drug-likeness (QED) is 0.147. The van der Waals surface area contributed by atoms with Crippen LogP contribution in [-0.2, 0) is 12.8 Å². The molecule has 8 bridgehead atoms. The Balaban J connectivity index is 1.39. The number of fused-ring (bicyclic) bond motifs is 8. The number of pyridine rings is 2. The summed E-state index contributed by atoms with van der Waals surface area (Å²) in [6.07, 6.45) is 19.0. The van der Waals surface area contributed by atoms with Crippen LogP contribution < -0.4 is 0 Å². The number of aromatic amines is 2. The lowest BCUT2D eigenvalue weighted by Gasteiger charge is -2.08. The summed E-state index contributed by atoms with van der Waals surface area (Å²) < 4.78 is 0. The number of nitrogens with zero attached hydrogens (tertiary/aromatic N) is 4. The standard InChI is InChI=1S/C50H44N6/c1-3-5-11-33-15-19-35(20-16-33)47-39-23-27-43(53-39)49(37-13-7-9-31-51-37)45-29-25-41(55-45)48(36-21-17-34(18-22-36)12-6-4-2)42-26-30-46(56-42)50(38-14-8-10-32-52-38)44-28-24-40(47)54-44/h7-10,13-32,53,56H,3-6,11-12H2,1-2H3. The molecule has 2 aromatic carbocycles. The molecule has 0 saturated heterocycles. The van der Waals surface area contributed by atoms with Gasteiger partial charge in [0.15, 0.2) is 0 Å². The van der Waals surface area contributed by atoms with Gasteiger partial charge in [-0.1, -0.05) is 87.4 Å². The molecule has 0 saturated carbocycles. The van der Waals surface area contributed by atoms with E-state index in [9.17, 15) is 0 Å². The van der Waals surface area contributed by atoms with Gasteiger partial charge in [-0.25, -0.2) is 9.97 Å². The molecule has 0 spiro atoms. The molecule has 7 heterocycles. The van der Waals surface area contributed by atoms with Gasteiger partial charge in [0.05, 0.1) is 45.2 Å². The molecule has 274 valence electrons. The number of aromatic nitrogens is 6. The van der Waals surface area contributed by atoms with E-state index in [1.165, 1.54) is 36.8 Å². The minimum atomic E-state index is 0.847. The molecular formula is C50H44N6. The van der Waals surface area contributed by atoms with Gasteiger partial charge < -0.3 is 9.97 Å². The lowest BCUT2D eigenvalue weighted by molar-refractivity contribution is 0.795. The largest absolute Gasteiger partial charge is 0.354 e. The van der Waals surface area contributed by atoms with Crippen molar-refractivity contribution in [1.29, 1.82) is 0 Å². The minimum Gasteiger partial charge on any atom is -0.354 e. The molecule has 7 aromatic rings. The highest BCUT2D eigenvalue weighted by Gasteiger charge is 2.19. The first-order valence-corrected chi connectivity index (χ1v) is 19.8. The molecule has 5 aromatic heterocycles. The second kappa shape index (κ2) is 15.6. The molecule has 2 N–H and O–H groups in total. The van der Waals surface area contributed by atoms with Crippen molar-refractivity contribution in [2.75, 3.05) is 0 Å². The molecule has 0 aliphatic carbocycles. The summed E-state index contributed by atoms with van der Waals surface area (Å²) >= 11 is 0. The van der Waals surface area contributed by atoms with Crippen molar-refractivity contribution in [1.82, 2.24) is 29.9 Å². The van der Waals surface area contributed by atoms with E-state index >= 15 is 0 Å². The average Bonchev–Trinajstić information content (AvgIpc) is 4.09. The van der Waals surface area contributed by atoms with E-state index in [1.807, 2.05) is 36.7 Å². The fourth-order valence-electron chi connectivity index (χ4n) is 7.81. The van der Waals surface area contributed by atoms with Crippen LogP contribution >= 0.6 is 0 Å². The lowest BCUT2D eigenvalue weighted by Crippen LogP contribution is -1.91. The Labute approximate surface area is 327 Å². The van der Waals surface area contributed by atoms with E-state index in [0.717, 1.165) is 102 Å². The van der Waals surface area contributed by atoms with Crippen molar-refractivity contribution in [2.45, 2.75) is 52.4 Å². The van der Waals surface area contributed by atoms with Gasteiger partial charge in [0.2, 0.25) is 0 Å². The van der Waals surface area contributed by atoms with Crippen LogP contribution in [0.5, 0.6) is 0 Å². The molecule has 0 unspecified atom stereocenters. The predicted octanol–water partition coefficient (Wildman–Crippen LogP) is 12.8. The van der Waals surface area contributed by atoms with E-state index in [4.69, 9.17) is 19.9 Å². The number of aryl methyl sites for hydroxylation is 2. The third kappa shape index (κ3) is 6.90. The van der Waals surface area contributed by atoms with Gasteiger partial charge in [0, 0.05) is 45.7 Å². The lowest BCUT2D eigenvalue weighted by atomic mass is 10.0. The first-order valence-electron chi connectivity index (χ1n) is 19.8. The number of nitrogens with one attached hydrogen (secondary N) is 2. The highest BCUT2D eigenvalue weighted by atomic mass is 14.8. The number of hydrogen-bond donors (Lipinski definition) is 2. The van der Waals surface area contributed by atoms with Crippen LogP contribution in [0.4, 0.5) is 0 Å². The predicted molar refractivity (Wildman–Crippen MR) is 233 cm³/mol. The van der Waals surface area contributed by atoms with Gasteiger partial charge in [-0.2, -0.15) is 0 Å². The van der Waals surface area contributed by atoms with Gasteiger partial charge in [0.1, 0.15) is 0 Å². The van der Waals surface area contributed by atoms with Crippen LogP contribution in [0.1, 0.15) is 73.4 Å². The SMILES string of the molecule is CCCCc1ccc(-c2c3nc(c(-c4ccccn4)c4ccc([nH]4)c(-c4ccc(CCCC)cc4)c4nc(c(-c5ccccn5)c5ccc2[nH]5)C=C4)C=C3)cc1. The highest BCUT2D eigenvalue weighted by molar-refractivity contribution is 5.99. The molecule has 0 atom stereocenters. The zero-order valence-electron chi connectivity index (χ0n) is 31.9. The fourth-order valence-corrected chi connectivity index (χ4v) is 7.81. The Kier molecular flexibility index (Phi) is 9.77. The second-order valence-corrected chi connectivity index (χ2v) is 14.5. The molecule has 2 aliphatic rings. The van der Waals surface area contributed by atoms with Crippen molar-refractivity contribution in [3.05, 3.63) is 155 Å². The molecule has 6 nitrogen and oxygen atoms in total. The number of benzene rings is 2. The number of hydrogen-bond acceptors (Lipinski definition) is 4. The van der Waals surface area contributed by atoms with Crippen LogP contribution in [0.15, 0.2) is 122 Å². The van der Waals surface area contributed by atoms with Crippen LogP contribution in [-0.4, -0.2) is 29.9 Å². The molecule has 0 amide bonds. The first-order chi connectivity index (χ1) is 27.7. The molecule has 0 radical (unpaired) electrons. The minimum absolute atomic E-state index is 0.847. The van der Waals surface area contributed by atoms with Crippen LogP contribution in [0.3, 0.4) is 0 Å². The highest BCUT2D eigenvalue weighted by Crippen LogP contribution is 2.38. The third-order valence-electron chi connectivity index (χ3n) is 10.7. The average molecular weight is 729 g/mol. The summed E-state index contributed by atoms with van der Waals surface area (Å²) in [5, 5.41) is 0. The maximum atomic E-state index is 5.40. The van der Waals surface area contributed by atoms with Crippen molar-refractivity contribution >= 4 is 46.4 Å². The number of rotatable bonds is 10. The molecular weight excluding hydrogens is 685 g/mol. The second-order valence-electron chi connectivity index (χ2n) is 14.5.